The molecule has 0 spiro atoms. The van der Waals surface area contributed by atoms with Crippen LogP contribution in [0.1, 0.15) is 19.2 Å². The molecular weight excluding hydrogens is 226 g/mol. The maximum absolute atomic E-state index is 5.70. The van der Waals surface area contributed by atoms with Gasteiger partial charge in [0.05, 0.1) is 18.8 Å². The van der Waals surface area contributed by atoms with Crippen molar-refractivity contribution in [1.29, 1.82) is 0 Å². The van der Waals surface area contributed by atoms with Crippen LogP contribution in [0, 0.1) is 0 Å². The van der Waals surface area contributed by atoms with Gasteiger partial charge >= 0.3 is 0 Å². The third kappa shape index (κ3) is 3.03. The minimum absolute atomic E-state index is 0.690. The summed E-state index contributed by atoms with van der Waals surface area (Å²) in [6.45, 7) is 3.53. The van der Waals surface area contributed by atoms with Gasteiger partial charge in [0.15, 0.2) is 0 Å². The molecule has 1 aromatic heterocycles. The Kier molecular flexibility index (Phi) is 4.23. The van der Waals surface area contributed by atoms with Crippen LogP contribution in [0.5, 0.6) is 5.75 Å². The fourth-order valence-corrected chi connectivity index (χ4v) is 1.69. The minimum Gasteiger partial charge on any atom is -0.491 e. The largest absolute Gasteiger partial charge is 0.491 e. The summed E-state index contributed by atoms with van der Waals surface area (Å²) in [6.07, 6.45) is 4.75. The first kappa shape index (κ1) is 12.5. The maximum atomic E-state index is 5.70. The standard InChI is InChI=1S/C14H19N3O/c1-3-10-18-13-7-5-4-6-12(13)16-11-14-15-8-9-17(14)2/h4-9,16H,3,10-11H2,1-2H3. The number of ether oxygens (including phenoxy) is 1. The highest BCUT2D eigenvalue weighted by Gasteiger charge is 2.04. The van der Waals surface area contributed by atoms with E-state index in [0.717, 1.165) is 30.3 Å². The summed E-state index contributed by atoms with van der Waals surface area (Å²) in [7, 11) is 1.99. The average molecular weight is 245 g/mol. The Hall–Kier alpha value is -1.97. The number of aromatic nitrogens is 2. The Labute approximate surface area is 108 Å². The zero-order chi connectivity index (χ0) is 12.8. The smallest absolute Gasteiger partial charge is 0.142 e. The molecular formula is C14H19N3O. The van der Waals surface area contributed by atoms with Gasteiger partial charge in [-0.1, -0.05) is 19.1 Å². The Morgan fingerprint density at radius 1 is 1.33 bits per heavy atom. The Bertz CT molecular complexity index is 493. The zero-order valence-electron chi connectivity index (χ0n) is 10.9. The normalized spacial score (nSPS) is 10.3. The molecule has 0 unspecified atom stereocenters. The topological polar surface area (TPSA) is 39.1 Å². The van der Waals surface area contributed by atoms with Crippen molar-refractivity contribution in [3.8, 4) is 5.75 Å². The molecule has 0 saturated carbocycles. The van der Waals surface area contributed by atoms with E-state index in [1.54, 1.807) is 6.20 Å². The van der Waals surface area contributed by atoms with Gasteiger partial charge in [-0.25, -0.2) is 4.98 Å². The molecule has 2 rings (SSSR count). The lowest BCUT2D eigenvalue weighted by Gasteiger charge is -2.12. The van der Waals surface area contributed by atoms with E-state index in [0.29, 0.717) is 6.54 Å². The average Bonchev–Trinajstić information content (AvgIpc) is 2.80. The molecule has 0 aliphatic rings. The number of hydrogen-bond donors (Lipinski definition) is 1. The van der Waals surface area contributed by atoms with E-state index in [1.165, 1.54) is 0 Å². The van der Waals surface area contributed by atoms with Crippen molar-refractivity contribution in [3.05, 3.63) is 42.5 Å². The molecule has 0 fully saturated rings. The van der Waals surface area contributed by atoms with Crippen molar-refractivity contribution in [3.63, 3.8) is 0 Å². The molecule has 0 bridgehead atoms. The summed E-state index contributed by atoms with van der Waals surface area (Å²) < 4.78 is 7.70. The summed E-state index contributed by atoms with van der Waals surface area (Å²) in [5.41, 5.74) is 1.01. The predicted octanol–water partition coefficient (Wildman–Crippen LogP) is 2.82. The van der Waals surface area contributed by atoms with Crippen molar-refractivity contribution in [2.75, 3.05) is 11.9 Å². The highest BCUT2D eigenvalue weighted by molar-refractivity contribution is 5.56. The lowest BCUT2D eigenvalue weighted by molar-refractivity contribution is 0.319. The first-order valence-corrected chi connectivity index (χ1v) is 6.23. The Balaban J connectivity index is 2.02. The van der Waals surface area contributed by atoms with E-state index in [-0.39, 0.29) is 0 Å². The molecule has 1 aromatic carbocycles. The van der Waals surface area contributed by atoms with Gasteiger partial charge in [-0.05, 0) is 18.6 Å². The van der Waals surface area contributed by atoms with E-state index < -0.39 is 0 Å². The van der Waals surface area contributed by atoms with Crippen LogP contribution in [0.3, 0.4) is 0 Å². The van der Waals surface area contributed by atoms with E-state index in [1.807, 2.05) is 42.1 Å². The molecule has 0 saturated heterocycles. The quantitative estimate of drug-likeness (QED) is 0.850. The monoisotopic (exact) mass is 245 g/mol. The van der Waals surface area contributed by atoms with Crippen LogP contribution in [0.4, 0.5) is 5.69 Å². The van der Waals surface area contributed by atoms with Crippen molar-refractivity contribution < 1.29 is 4.74 Å². The van der Waals surface area contributed by atoms with Gasteiger partial charge in [0.25, 0.3) is 0 Å². The second kappa shape index (κ2) is 6.10. The van der Waals surface area contributed by atoms with Crippen LogP contribution in [-0.4, -0.2) is 16.2 Å². The van der Waals surface area contributed by atoms with Gasteiger partial charge < -0.3 is 14.6 Å². The number of para-hydroxylation sites is 2. The number of nitrogens with zero attached hydrogens (tertiary/aromatic N) is 2. The van der Waals surface area contributed by atoms with Gasteiger partial charge in [0.1, 0.15) is 11.6 Å². The van der Waals surface area contributed by atoms with E-state index in [4.69, 9.17) is 4.74 Å². The van der Waals surface area contributed by atoms with Gasteiger partial charge in [-0.2, -0.15) is 0 Å². The Morgan fingerprint density at radius 3 is 2.89 bits per heavy atom. The summed E-state index contributed by atoms with van der Waals surface area (Å²) in [4.78, 5) is 4.28. The summed E-state index contributed by atoms with van der Waals surface area (Å²) >= 11 is 0. The molecule has 1 heterocycles. The molecule has 96 valence electrons. The van der Waals surface area contributed by atoms with E-state index >= 15 is 0 Å². The maximum Gasteiger partial charge on any atom is 0.142 e. The third-order valence-corrected chi connectivity index (χ3v) is 2.71. The molecule has 0 aliphatic heterocycles. The fourth-order valence-electron chi connectivity index (χ4n) is 1.69. The zero-order valence-corrected chi connectivity index (χ0v) is 10.9. The number of imidazole rings is 1. The van der Waals surface area contributed by atoms with Crippen LogP contribution in [-0.2, 0) is 13.6 Å². The van der Waals surface area contributed by atoms with Crippen LogP contribution in [0.25, 0.3) is 0 Å². The van der Waals surface area contributed by atoms with Crippen molar-refractivity contribution in [2.45, 2.75) is 19.9 Å². The first-order chi connectivity index (χ1) is 8.81. The number of benzene rings is 1. The molecule has 4 heteroatoms. The van der Waals surface area contributed by atoms with Gasteiger partial charge in [-0.3, -0.25) is 0 Å². The Morgan fingerprint density at radius 2 is 2.17 bits per heavy atom. The highest BCUT2D eigenvalue weighted by Crippen LogP contribution is 2.24. The molecule has 0 radical (unpaired) electrons. The number of aryl methyl sites for hydroxylation is 1. The summed E-state index contributed by atoms with van der Waals surface area (Å²) in [5.74, 6) is 1.90. The summed E-state index contributed by atoms with van der Waals surface area (Å²) in [5, 5.41) is 3.36. The molecule has 0 amide bonds. The highest BCUT2D eigenvalue weighted by atomic mass is 16.5. The van der Waals surface area contributed by atoms with Crippen molar-refractivity contribution >= 4 is 5.69 Å². The second-order valence-corrected chi connectivity index (χ2v) is 4.15. The number of nitrogens with one attached hydrogen (secondary N) is 1. The van der Waals surface area contributed by atoms with Crippen molar-refractivity contribution in [1.82, 2.24) is 9.55 Å². The fraction of sp³-hybridized carbons (Fsp3) is 0.357. The molecule has 18 heavy (non-hydrogen) atoms. The molecule has 4 nitrogen and oxygen atoms in total. The molecule has 0 atom stereocenters. The molecule has 2 aromatic rings. The summed E-state index contributed by atoms with van der Waals surface area (Å²) in [6, 6.07) is 7.99. The van der Waals surface area contributed by atoms with Crippen LogP contribution >= 0.6 is 0 Å². The van der Waals surface area contributed by atoms with Crippen LogP contribution in [0.15, 0.2) is 36.7 Å². The lowest BCUT2D eigenvalue weighted by Crippen LogP contribution is -2.07. The third-order valence-electron chi connectivity index (χ3n) is 2.71. The van der Waals surface area contributed by atoms with Gasteiger partial charge in [0.2, 0.25) is 0 Å². The minimum atomic E-state index is 0.690. The van der Waals surface area contributed by atoms with Gasteiger partial charge in [-0.15, -0.1) is 0 Å². The number of hydrogen-bond acceptors (Lipinski definition) is 3. The lowest BCUT2D eigenvalue weighted by atomic mass is 10.3. The van der Waals surface area contributed by atoms with Crippen LogP contribution < -0.4 is 10.1 Å². The van der Waals surface area contributed by atoms with Crippen LogP contribution in [0.2, 0.25) is 0 Å². The van der Waals surface area contributed by atoms with E-state index in [9.17, 15) is 0 Å². The first-order valence-electron chi connectivity index (χ1n) is 6.23. The second-order valence-electron chi connectivity index (χ2n) is 4.15. The van der Waals surface area contributed by atoms with E-state index in [2.05, 4.69) is 17.2 Å². The molecule has 1 N–H and O–H groups in total. The SMILES string of the molecule is CCCOc1ccccc1NCc1nccn1C. The predicted molar refractivity (Wildman–Crippen MR) is 72.8 cm³/mol. The van der Waals surface area contributed by atoms with Crippen molar-refractivity contribution in [2.24, 2.45) is 7.05 Å². The molecule has 0 aliphatic carbocycles. The number of rotatable bonds is 6. The number of anilines is 1. The van der Waals surface area contributed by atoms with Gasteiger partial charge in [0, 0.05) is 19.4 Å².